The number of carbonyl (C=O) groups excluding carboxylic acids is 1. The molecular weight excluding hydrogens is 274 g/mol. The summed E-state index contributed by atoms with van der Waals surface area (Å²) in [6.07, 6.45) is 3.10. The highest BCUT2D eigenvalue weighted by atomic mass is 35.5. The number of esters is 1. The first-order valence-electron chi connectivity index (χ1n) is 5.25. The molecule has 0 bridgehead atoms. The van der Waals surface area contributed by atoms with E-state index in [0.29, 0.717) is 10.6 Å². The van der Waals surface area contributed by atoms with Gasteiger partial charge in [0.2, 0.25) is 0 Å². The number of carbonyl (C=O) groups is 1. The molecule has 0 aliphatic carbocycles. The molecule has 1 rings (SSSR count). The third-order valence-electron chi connectivity index (χ3n) is 2.30. The van der Waals surface area contributed by atoms with Crippen molar-refractivity contribution in [3.05, 3.63) is 38.9 Å². The van der Waals surface area contributed by atoms with Crippen molar-refractivity contribution >= 4 is 29.3 Å². The minimum Gasteiger partial charge on any atom is -0.490 e. The van der Waals surface area contributed by atoms with Gasteiger partial charge in [-0.1, -0.05) is 23.8 Å². The van der Waals surface area contributed by atoms with Crippen LogP contribution in [0, 0.1) is 10.1 Å². The first-order chi connectivity index (χ1) is 8.99. The van der Waals surface area contributed by atoms with Gasteiger partial charge in [-0.2, -0.15) is 0 Å². The summed E-state index contributed by atoms with van der Waals surface area (Å²) in [5, 5.41) is 11.2. The van der Waals surface area contributed by atoms with Crippen LogP contribution in [0.2, 0.25) is 5.02 Å². The number of nitro benzene ring substituents is 1. The molecule has 102 valence electrons. The maximum absolute atomic E-state index is 10.9. The molecule has 6 nitrogen and oxygen atoms in total. The van der Waals surface area contributed by atoms with E-state index >= 15 is 0 Å². The second kappa shape index (κ2) is 6.75. The lowest BCUT2D eigenvalue weighted by atomic mass is 10.1. The van der Waals surface area contributed by atoms with Crippen molar-refractivity contribution in [2.24, 2.45) is 0 Å². The molecule has 7 heteroatoms. The van der Waals surface area contributed by atoms with Crippen LogP contribution in [-0.4, -0.2) is 25.1 Å². The molecule has 1 aromatic rings. The van der Waals surface area contributed by atoms with Gasteiger partial charge in [-0.25, -0.2) is 0 Å². The van der Waals surface area contributed by atoms with Gasteiger partial charge in [0.15, 0.2) is 5.75 Å². The van der Waals surface area contributed by atoms with Crippen LogP contribution in [0.5, 0.6) is 5.75 Å². The molecule has 0 N–H and O–H groups in total. The molecule has 0 radical (unpaired) electrons. The van der Waals surface area contributed by atoms with E-state index in [9.17, 15) is 14.9 Å². The van der Waals surface area contributed by atoms with Gasteiger partial charge in [-0.05, 0) is 5.56 Å². The standard InChI is InChI=1S/C12H12ClNO5/c1-18-11-7-9(13)8(6-10(11)14(16)17)4-3-5-12(15)19-2/h3-4,6-7H,5H2,1-2H3. The largest absolute Gasteiger partial charge is 0.490 e. The fourth-order valence-electron chi connectivity index (χ4n) is 1.36. The number of hydrogen-bond acceptors (Lipinski definition) is 5. The molecule has 0 unspecified atom stereocenters. The first-order valence-corrected chi connectivity index (χ1v) is 5.62. The van der Waals surface area contributed by atoms with Gasteiger partial charge < -0.3 is 9.47 Å². The summed E-state index contributed by atoms with van der Waals surface area (Å²) in [4.78, 5) is 21.2. The van der Waals surface area contributed by atoms with Crippen molar-refractivity contribution in [3.63, 3.8) is 0 Å². The van der Waals surface area contributed by atoms with Crippen LogP contribution >= 0.6 is 11.6 Å². The maximum Gasteiger partial charge on any atom is 0.311 e. The topological polar surface area (TPSA) is 78.7 Å². The summed E-state index contributed by atoms with van der Waals surface area (Å²) >= 11 is 5.96. The number of nitro groups is 1. The van der Waals surface area contributed by atoms with Crippen LogP contribution < -0.4 is 4.74 Å². The molecule has 0 amide bonds. The summed E-state index contributed by atoms with van der Waals surface area (Å²) in [6, 6.07) is 2.65. The summed E-state index contributed by atoms with van der Waals surface area (Å²) in [7, 11) is 2.60. The molecule has 0 fully saturated rings. The lowest BCUT2D eigenvalue weighted by Gasteiger charge is -2.04. The Morgan fingerprint density at radius 1 is 1.47 bits per heavy atom. The minimum atomic E-state index is -0.563. The van der Waals surface area contributed by atoms with Crippen molar-refractivity contribution < 1.29 is 19.2 Å². The van der Waals surface area contributed by atoms with Crippen molar-refractivity contribution in [2.45, 2.75) is 6.42 Å². The number of ether oxygens (including phenoxy) is 2. The van der Waals surface area contributed by atoms with Gasteiger partial charge in [-0.3, -0.25) is 14.9 Å². The molecule has 19 heavy (non-hydrogen) atoms. The number of methoxy groups -OCH3 is 2. The zero-order valence-electron chi connectivity index (χ0n) is 10.4. The molecule has 0 aromatic heterocycles. The molecule has 0 aliphatic rings. The Kier molecular flexibility index (Phi) is 5.32. The smallest absolute Gasteiger partial charge is 0.311 e. The van der Waals surface area contributed by atoms with E-state index in [1.807, 2.05) is 0 Å². The van der Waals surface area contributed by atoms with Gasteiger partial charge in [0.25, 0.3) is 0 Å². The van der Waals surface area contributed by atoms with E-state index in [0.717, 1.165) is 0 Å². The highest BCUT2D eigenvalue weighted by molar-refractivity contribution is 6.32. The number of rotatable bonds is 5. The van der Waals surface area contributed by atoms with Crippen molar-refractivity contribution in [2.75, 3.05) is 14.2 Å². The Labute approximate surface area is 114 Å². The Morgan fingerprint density at radius 2 is 2.16 bits per heavy atom. The zero-order valence-corrected chi connectivity index (χ0v) is 11.1. The van der Waals surface area contributed by atoms with Gasteiger partial charge in [0.05, 0.1) is 30.6 Å². The van der Waals surface area contributed by atoms with Crippen LogP contribution in [0.25, 0.3) is 6.08 Å². The molecular formula is C12H12ClNO5. The summed E-state index contributed by atoms with van der Waals surface area (Å²) < 4.78 is 9.34. The fraction of sp³-hybridized carbons (Fsp3) is 0.250. The predicted octanol–water partition coefficient (Wildman–Crippen LogP) is 2.83. The Bertz CT molecular complexity index is 527. The third-order valence-corrected chi connectivity index (χ3v) is 2.63. The number of benzene rings is 1. The summed E-state index contributed by atoms with van der Waals surface area (Å²) in [5.41, 5.74) is 0.239. The van der Waals surface area contributed by atoms with Crippen LogP contribution in [0.4, 0.5) is 5.69 Å². The molecule has 0 aliphatic heterocycles. The molecule has 0 spiro atoms. The van der Waals surface area contributed by atoms with Gasteiger partial charge in [-0.15, -0.1) is 0 Å². The third kappa shape index (κ3) is 3.96. The van der Waals surface area contributed by atoms with Crippen molar-refractivity contribution in [3.8, 4) is 5.75 Å². The second-order valence-corrected chi connectivity index (χ2v) is 3.89. The van der Waals surface area contributed by atoms with E-state index in [1.54, 1.807) is 0 Å². The van der Waals surface area contributed by atoms with Gasteiger partial charge in [0, 0.05) is 12.1 Å². The zero-order chi connectivity index (χ0) is 14.4. The quantitative estimate of drug-likeness (QED) is 0.472. The van der Waals surface area contributed by atoms with E-state index in [-0.39, 0.29) is 17.9 Å². The number of hydrogen-bond donors (Lipinski definition) is 0. The predicted molar refractivity (Wildman–Crippen MR) is 70.3 cm³/mol. The average molecular weight is 286 g/mol. The minimum absolute atomic E-state index is 0.0622. The van der Waals surface area contributed by atoms with E-state index in [1.165, 1.54) is 38.5 Å². The normalized spacial score (nSPS) is 10.5. The maximum atomic E-state index is 10.9. The summed E-state index contributed by atoms with van der Waals surface area (Å²) in [5.74, 6) is -0.324. The first kappa shape index (κ1) is 15.0. The highest BCUT2D eigenvalue weighted by Gasteiger charge is 2.17. The van der Waals surface area contributed by atoms with Crippen LogP contribution in [0.1, 0.15) is 12.0 Å². The molecule has 0 heterocycles. The number of nitrogens with zero attached hydrogens (tertiary/aromatic N) is 1. The molecule has 0 saturated carbocycles. The lowest BCUT2D eigenvalue weighted by molar-refractivity contribution is -0.385. The molecule has 0 atom stereocenters. The average Bonchev–Trinajstić information content (AvgIpc) is 2.39. The number of halogens is 1. The van der Waals surface area contributed by atoms with Gasteiger partial charge in [0.1, 0.15) is 0 Å². The monoisotopic (exact) mass is 285 g/mol. The summed E-state index contributed by atoms with van der Waals surface area (Å²) in [6.45, 7) is 0. The van der Waals surface area contributed by atoms with Crippen molar-refractivity contribution in [1.82, 2.24) is 0 Å². The highest BCUT2D eigenvalue weighted by Crippen LogP contribution is 2.33. The van der Waals surface area contributed by atoms with E-state index in [4.69, 9.17) is 16.3 Å². The Morgan fingerprint density at radius 3 is 2.68 bits per heavy atom. The Hall–Kier alpha value is -2.08. The Balaban J connectivity index is 3.05. The fourth-order valence-corrected chi connectivity index (χ4v) is 1.58. The lowest BCUT2D eigenvalue weighted by Crippen LogP contribution is -1.97. The van der Waals surface area contributed by atoms with Crippen LogP contribution in [0.3, 0.4) is 0 Å². The van der Waals surface area contributed by atoms with Crippen molar-refractivity contribution in [1.29, 1.82) is 0 Å². The van der Waals surface area contributed by atoms with E-state index < -0.39 is 10.9 Å². The van der Waals surface area contributed by atoms with Crippen LogP contribution in [-0.2, 0) is 9.53 Å². The molecule has 1 aromatic carbocycles. The second-order valence-electron chi connectivity index (χ2n) is 3.49. The molecule has 0 saturated heterocycles. The van der Waals surface area contributed by atoms with E-state index in [2.05, 4.69) is 4.74 Å². The van der Waals surface area contributed by atoms with Crippen LogP contribution in [0.15, 0.2) is 18.2 Å². The SMILES string of the molecule is COC(=O)CC=Cc1cc([N+](=O)[O-])c(OC)cc1Cl. The van der Waals surface area contributed by atoms with Gasteiger partial charge >= 0.3 is 11.7 Å².